The van der Waals surface area contributed by atoms with E-state index in [1.807, 2.05) is 38.4 Å². The Kier molecular flexibility index (Phi) is 3.45. The maximum absolute atomic E-state index is 5.79. The Bertz CT molecular complexity index is 504. The molecular weight excluding hydrogens is 208 g/mol. The van der Waals surface area contributed by atoms with Crippen LogP contribution in [0.5, 0.6) is 0 Å². The summed E-state index contributed by atoms with van der Waals surface area (Å²) in [7, 11) is 4.08. The molecule has 2 aromatic carbocycles. The van der Waals surface area contributed by atoms with Crippen molar-refractivity contribution in [1.29, 1.82) is 0 Å². The van der Waals surface area contributed by atoms with Crippen LogP contribution >= 0.6 is 0 Å². The van der Waals surface area contributed by atoms with E-state index in [1.54, 1.807) is 0 Å². The molecule has 0 spiro atoms. The van der Waals surface area contributed by atoms with Crippen molar-refractivity contribution in [1.82, 2.24) is 0 Å². The summed E-state index contributed by atoms with van der Waals surface area (Å²) in [6.45, 7) is 0.557. The molecule has 2 heteroatoms. The molecule has 0 unspecified atom stereocenters. The largest absolute Gasteiger partial charge is 0.377 e. The van der Waals surface area contributed by atoms with Crippen molar-refractivity contribution in [3.63, 3.8) is 0 Å². The van der Waals surface area contributed by atoms with E-state index in [0.29, 0.717) is 6.54 Å². The van der Waals surface area contributed by atoms with Crippen molar-refractivity contribution in [2.45, 2.75) is 6.54 Å². The van der Waals surface area contributed by atoms with E-state index in [1.165, 1.54) is 16.7 Å². The fourth-order valence-electron chi connectivity index (χ4n) is 1.98. The lowest BCUT2D eigenvalue weighted by Crippen LogP contribution is -2.10. The molecule has 2 N–H and O–H groups in total. The van der Waals surface area contributed by atoms with Gasteiger partial charge in [0.05, 0.1) is 0 Å². The lowest BCUT2D eigenvalue weighted by atomic mass is 9.98. The summed E-state index contributed by atoms with van der Waals surface area (Å²) in [5.74, 6) is 0. The van der Waals surface area contributed by atoms with Gasteiger partial charge >= 0.3 is 0 Å². The quantitative estimate of drug-likeness (QED) is 0.870. The summed E-state index contributed by atoms with van der Waals surface area (Å²) in [6.07, 6.45) is 0. The third-order valence-corrected chi connectivity index (χ3v) is 2.85. The second-order valence-electron chi connectivity index (χ2n) is 4.20. The summed E-state index contributed by atoms with van der Waals surface area (Å²) < 4.78 is 0. The van der Waals surface area contributed by atoms with E-state index < -0.39 is 0 Å². The topological polar surface area (TPSA) is 29.3 Å². The average Bonchev–Trinajstić information content (AvgIpc) is 2.38. The van der Waals surface area contributed by atoms with Gasteiger partial charge in [0, 0.05) is 31.9 Å². The van der Waals surface area contributed by atoms with Crippen molar-refractivity contribution >= 4 is 5.69 Å². The first kappa shape index (κ1) is 11.7. The molecule has 0 aliphatic heterocycles. The summed E-state index contributed by atoms with van der Waals surface area (Å²) >= 11 is 0. The van der Waals surface area contributed by atoms with Gasteiger partial charge in [0.1, 0.15) is 0 Å². The van der Waals surface area contributed by atoms with E-state index >= 15 is 0 Å². The third-order valence-electron chi connectivity index (χ3n) is 2.85. The molecule has 1 radical (unpaired) electrons. The van der Waals surface area contributed by atoms with Crippen LogP contribution in [-0.2, 0) is 6.54 Å². The molecule has 0 saturated carbocycles. The summed E-state index contributed by atoms with van der Waals surface area (Å²) in [5, 5.41) is 0. The highest BCUT2D eigenvalue weighted by Gasteiger charge is 2.08. The minimum absolute atomic E-state index is 0.557. The second-order valence-corrected chi connectivity index (χ2v) is 4.20. The fourth-order valence-corrected chi connectivity index (χ4v) is 1.98. The monoisotopic (exact) mass is 225 g/mol. The van der Waals surface area contributed by atoms with Gasteiger partial charge in [-0.3, -0.25) is 0 Å². The van der Waals surface area contributed by atoms with Crippen molar-refractivity contribution in [3.8, 4) is 11.1 Å². The number of hydrogen-bond donors (Lipinski definition) is 1. The molecular formula is C15H17N2. The lowest BCUT2D eigenvalue weighted by Gasteiger charge is -2.18. The summed E-state index contributed by atoms with van der Waals surface area (Å²) in [4.78, 5) is 2.10. The molecule has 0 aliphatic rings. The number of anilines is 1. The van der Waals surface area contributed by atoms with Gasteiger partial charge in [0.2, 0.25) is 0 Å². The molecule has 2 aromatic rings. The first-order valence-corrected chi connectivity index (χ1v) is 5.70. The molecule has 0 fully saturated rings. The summed E-state index contributed by atoms with van der Waals surface area (Å²) in [6, 6.07) is 17.4. The normalized spacial score (nSPS) is 10.3. The second kappa shape index (κ2) is 5.02. The van der Waals surface area contributed by atoms with Gasteiger partial charge in [-0.05, 0) is 23.3 Å². The molecule has 0 aromatic heterocycles. The zero-order valence-electron chi connectivity index (χ0n) is 10.3. The van der Waals surface area contributed by atoms with E-state index in [4.69, 9.17) is 5.73 Å². The van der Waals surface area contributed by atoms with Gasteiger partial charge in [0.15, 0.2) is 0 Å². The van der Waals surface area contributed by atoms with Gasteiger partial charge in [-0.25, -0.2) is 0 Å². The van der Waals surface area contributed by atoms with Crippen LogP contribution in [0.4, 0.5) is 5.69 Å². The number of nitrogens with zero attached hydrogens (tertiary/aromatic N) is 1. The standard InChI is InChI=1S/C15H17N2/c1-17(2)15-10-6-5-9-14(15)13-8-4-3-7-12(13)11-16/h3-5,7-10H,11,16H2,1-2H3. The Hall–Kier alpha value is -1.80. The SMILES string of the molecule is CN(C)c1c[c]ccc1-c1ccccc1CN. The molecule has 17 heavy (non-hydrogen) atoms. The van der Waals surface area contributed by atoms with Gasteiger partial charge in [-0.15, -0.1) is 0 Å². The highest BCUT2D eigenvalue weighted by atomic mass is 15.1. The predicted molar refractivity (Wildman–Crippen MR) is 72.9 cm³/mol. The summed E-state index contributed by atoms with van der Waals surface area (Å²) in [5.41, 5.74) is 10.5. The van der Waals surface area contributed by atoms with E-state index in [0.717, 1.165) is 5.69 Å². The zero-order chi connectivity index (χ0) is 12.3. The van der Waals surface area contributed by atoms with Crippen LogP contribution in [0.25, 0.3) is 11.1 Å². The zero-order valence-corrected chi connectivity index (χ0v) is 10.3. The Morgan fingerprint density at radius 1 is 1.12 bits per heavy atom. The Balaban J connectivity index is 2.60. The van der Waals surface area contributed by atoms with Crippen LogP contribution in [0.2, 0.25) is 0 Å². The molecule has 0 saturated heterocycles. The van der Waals surface area contributed by atoms with Gasteiger partial charge in [0.25, 0.3) is 0 Å². The highest BCUT2D eigenvalue weighted by Crippen LogP contribution is 2.31. The average molecular weight is 225 g/mol. The van der Waals surface area contributed by atoms with Gasteiger partial charge in [-0.2, -0.15) is 0 Å². The first-order chi connectivity index (χ1) is 8.24. The maximum Gasteiger partial charge on any atom is 0.0447 e. The van der Waals surface area contributed by atoms with Crippen molar-refractivity contribution in [3.05, 3.63) is 54.1 Å². The van der Waals surface area contributed by atoms with Crippen molar-refractivity contribution in [2.24, 2.45) is 5.73 Å². The maximum atomic E-state index is 5.79. The Morgan fingerprint density at radius 3 is 2.59 bits per heavy atom. The predicted octanol–water partition coefficient (Wildman–Crippen LogP) is 2.68. The van der Waals surface area contributed by atoms with Crippen LogP contribution in [0, 0.1) is 6.07 Å². The van der Waals surface area contributed by atoms with E-state index in [-0.39, 0.29) is 0 Å². The third kappa shape index (κ3) is 2.32. The smallest absolute Gasteiger partial charge is 0.0447 e. The van der Waals surface area contributed by atoms with Crippen LogP contribution in [0.3, 0.4) is 0 Å². The molecule has 0 atom stereocenters. The number of nitrogens with two attached hydrogens (primary N) is 1. The highest BCUT2D eigenvalue weighted by molar-refractivity contribution is 5.80. The molecule has 87 valence electrons. The number of hydrogen-bond acceptors (Lipinski definition) is 2. The Labute approximate surface area is 103 Å². The molecule has 0 amide bonds. The van der Waals surface area contributed by atoms with Crippen LogP contribution in [0.1, 0.15) is 5.56 Å². The fraction of sp³-hybridized carbons (Fsp3) is 0.200. The minimum Gasteiger partial charge on any atom is -0.377 e. The Morgan fingerprint density at radius 2 is 1.88 bits per heavy atom. The molecule has 2 rings (SSSR count). The van der Waals surface area contributed by atoms with Crippen molar-refractivity contribution < 1.29 is 0 Å². The first-order valence-electron chi connectivity index (χ1n) is 5.70. The molecule has 0 bridgehead atoms. The number of rotatable bonds is 3. The number of benzene rings is 2. The minimum atomic E-state index is 0.557. The van der Waals surface area contributed by atoms with Crippen LogP contribution in [-0.4, -0.2) is 14.1 Å². The van der Waals surface area contributed by atoms with E-state index in [9.17, 15) is 0 Å². The lowest BCUT2D eigenvalue weighted by molar-refractivity contribution is 1.07. The molecule has 0 heterocycles. The molecule has 0 aliphatic carbocycles. The van der Waals surface area contributed by atoms with Gasteiger partial charge in [-0.1, -0.05) is 36.4 Å². The van der Waals surface area contributed by atoms with E-state index in [2.05, 4.69) is 29.2 Å². The van der Waals surface area contributed by atoms with Crippen LogP contribution < -0.4 is 10.6 Å². The van der Waals surface area contributed by atoms with Crippen LogP contribution in [0.15, 0.2) is 42.5 Å². The van der Waals surface area contributed by atoms with Gasteiger partial charge < -0.3 is 10.6 Å². The van der Waals surface area contributed by atoms with Crippen molar-refractivity contribution in [2.75, 3.05) is 19.0 Å². The molecule has 2 nitrogen and oxygen atoms in total.